The minimum atomic E-state index is -0.212. The molecular weight excluding hydrogens is 246 g/mol. The van der Waals surface area contributed by atoms with Crippen LogP contribution in [-0.2, 0) is 19.1 Å². The van der Waals surface area contributed by atoms with Crippen molar-refractivity contribution in [2.24, 2.45) is 5.92 Å². The molecule has 0 aromatic heterocycles. The molecule has 108 valence electrons. The van der Waals surface area contributed by atoms with E-state index in [0.29, 0.717) is 32.4 Å². The van der Waals surface area contributed by atoms with Crippen LogP contribution in [0.5, 0.6) is 0 Å². The van der Waals surface area contributed by atoms with E-state index in [-0.39, 0.29) is 23.4 Å². The summed E-state index contributed by atoms with van der Waals surface area (Å²) in [4.78, 5) is 25.5. The van der Waals surface area contributed by atoms with Gasteiger partial charge in [0.05, 0.1) is 25.0 Å². The molecule has 2 rings (SSSR count). The summed E-state index contributed by atoms with van der Waals surface area (Å²) in [7, 11) is 3.11. The van der Waals surface area contributed by atoms with Crippen molar-refractivity contribution in [2.75, 3.05) is 27.3 Å². The SMILES string of the molecule is COC(=O)C1CCN(C(=O)CC2(OC)CCC2)CC1. The number of piperidine rings is 1. The third-order valence-corrected chi connectivity index (χ3v) is 4.55. The average Bonchev–Trinajstić information content (AvgIpc) is 2.42. The molecule has 5 heteroatoms. The summed E-state index contributed by atoms with van der Waals surface area (Å²) in [5, 5.41) is 0. The number of likely N-dealkylation sites (tertiary alicyclic amines) is 1. The Kier molecular flexibility index (Phi) is 4.45. The third kappa shape index (κ3) is 3.08. The van der Waals surface area contributed by atoms with Crippen molar-refractivity contribution in [3.63, 3.8) is 0 Å². The highest BCUT2D eigenvalue weighted by Crippen LogP contribution is 2.38. The number of hydrogen-bond donors (Lipinski definition) is 0. The number of ether oxygens (including phenoxy) is 2. The van der Waals surface area contributed by atoms with Gasteiger partial charge < -0.3 is 14.4 Å². The summed E-state index contributed by atoms with van der Waals surface area (Å²) in [6, 6.07) is 0. The Morgan fingerprint density at radius 3 is 2.26 bits per heavy atom. The number of carbonyl (C=O) groups is 2. The molecule has 0 radical (unpaired) electrons. The first-order chi connectivity index (χ1) is 9.10. The molecule has 1 amide bonds. The highest BCUT2D eigenvalue weighted by Gasteiger charge is 2.40. The monoisotopic (exact) mass is 269 g/mol. The Balaban J connectivity index is 1.81. The Hall–Kier alpha value is -1.10. The van der Waals surface area contributed by atoms with E-state index < -0.39 is 0 Å². The van der Waals surface area contributed by atoms with Gasteiger partial charge in [-0.15, -0.1) is 0 Å². The molecule has 1 saturated carbocycles. The highest BCUT2D eigenvalue weighted by atomic mass is 16.5. The van der Waals surface area contributed by atoms with E-state index in [4.69, 9.17) is 9.47 Å². The van der Waals surface area contributed by atoms with Crippen LogP contribution in [0.25, 0.3) is 0 Å². The molecule has 0 aromatic carbocycles. The zero-order valence-corrected chi connectivity index (χ0v) is 11.8. The first-order valence-corrected chi connectivity index (χ1v) is 7.01. The van der Waals surface area contributed by atoms with E-state index in [1.807, 2.05) is 4.90 Å². The summed E-state index contributed by atoms with van der Waals surface area (Å²) in [6.45, 7) is 1.30. The van der Waals surface area contributed by atoms with Crippen molar-refractivity contribution < 1.29 is 19.1 Å². The largest absolute Gasteiger partial charge is 0.469 e. The highest BCUT2D eigenvalue weighted by molar-refractivity contribution is 5.78. The number of hydrogen-bond acceptors (Lipinski definition) is 4. The number of nitrogens with zero attached hydrogens (tertiary/aromatic N) is 1. The maximum Gasteiger partial charge on any atom is 0.308 e. The fourth-order valence-electron chi connectivity index (χ4n) is 2.94. The number of methoxy groups -OCH3 is 2. The van der Waals surface area contributed by atoms with Crippen molar-refractivity contribution in [2.45, 2.75) is 44.1 Å². The predicted octanol–water partition coefficient (Wildman–Crippen LogP) is 1.36. The smallest absolute Gasteiger partial charge is 0.308 e. The molecule has 1 saturated heterocycles. The third-order valence-electron chi connectivity index (χ3n) is 4.55. The lowest BCUT2D eigenvalue weighted by atomic mass is 9.77. The van der Waals surface area contributed by atoms with Crippen LogP contribution in [0.3, 0.4) is 0 Å². The van der Waals surface area contributed by atoms with Crippen LogP contribution in [0.4, 0.5) is 0 Å². The summed E-state index contributed by atoms with van der Waals surface area (Å²) in [6.07, 6.45) is 5.00. The molecular formula is C14H23NO4. The molecule has 0 spiro atoms. The van der Waals surface area contributed by atoms with Crippen LogP contribution in [-0.4, -0.2) is 49.7 Å². The summed E-state index contributed by atoms with van der Waals surface area (Å²) in [5.41, 5.74) is -0.212. The van der Waals surface area contributed by atoms with Crippen molar-refractivity contribution in [3.05, 3.63) is 0 Å². The van der Waals surface area contributed by atoms with E-state index in [1.54, 1.807) is 7.11 Å². The van der Waals surface area contributed by atoms with Crippen LogP contribution >= 0.6 is 0 Å². The van der Waals surface area contributed by atoms with Crippen molar-refractivity contribution >= 4 is 11.9 Å². The summed E-state index contributed by atoms with van der Waals surface area (Å²) in [5.74, 6) is -0.0431. The second-order valence-electron chi connectivity index (χ2n) is 5.60. The number of amides is 1. The van der Waals surface area contributed by atoms with Gasteiger partial charge in [-0.2, -0.15) is 0 Å². The van der Waals surface area contributed by atoms with Gasteiger partial charge in [-0.1, -0.05) is 0 Å². The fourth-order valence-corrected chi connectivity index (χ4v) is 2.94. The van der Waals surface area contributed by atoms with Gasteiger partial charge in [-0.25, -0.2) is 0 Å². The number of carbonyl (C=O) groups excluding carboxylic acids is 2. The first-order valence-electron chi connectivity index (χ1n) is 7.01. The van der Waals surface area contributed by atoms with Gasteiger partial charge >= 0.3 is 5.97 Å². The lowest BCUT2D eigenvalue weighted by Gasteiger charge is -2.41. The van der Waals surface area contributed by atoms with Crippen molar-refractivity contribution in [1.29, 1.82) is 0 Å². The number of esters is 1. The van der Waals surface area contributed by atoms with Crippen LogP contribution in [0, 0.1) is 5.92 Å². The lowest BCUT2D eigenvalue weighted by Crippen LogP contribution is -2.47. The maximum absolute atomic E-state index is 12.2. The van der Waals surface area contributed by atoms with Gasteiger partial charge in [0.2, 0.25) is 5.91 Å². The molecule has 1 aliphatic heterocycles. The van der Waals surface area contributed by atoms with Gasteiger partial charge in [-0.05, 0) is 32.1 Å². The molecule has 0 N–H and O–H groups in total. The maximum atomic E-state index is 12.2. The standard InChI is InChI=1S/C14H23NO4/c1-18-13(17)11-4-8-15(9-5-11)12(16)10-14(19-2)6-3-7-14/h11H,3-10H2,1-2H3. The van der Waals surface area contributed by atoms with E-state index in [0.717, 1.165) is 19.3 Å². The Labute approximate surface area is 114 Å². The Morgan fingerprint density at radius 1 is 1.21 bits per heavy atom. The molecule has 0 atom stereocenters. The predicted molar refractivity (Wildman–Crippen MR) is 69.5 cm³/mol. The average molecular weight is 269 g/mol. The zero-order valence-electron chi connectivity index (χ0n) is 11.8. The van der Waals surface area contributed by atoms with Crippen LogP contribution in [0.1, 0.15) is 38.5 Å². The zero-order chi connectivity index (χ0) is 13.9. The van der Waals surface area contributed by atoms with Crippen LogP contribution < -0.4 is 0 Å². The molecule has 1 aliphatic carbocycles. The second-order valence-corrected chi connectivity index (χ2v) is 5.60. The number of rotatable bonds is 4. The van der Waals surface area contributed by atoms with E-state index >= 15 is 0 Å². The van der Waals surface area contributed by atoms with Gasteiger partial charge in [0.15, 0.2) is 0 Å². The Bertz CT molecular complexity index is 338. The molecule has 0 unspecified atom stereocenters. The topological polar surface area (TPSA) is 55.8 Å². The Morgan fingerprint density at radius 2 is 1.84 bits per heavy atom. The molecule has 0 bridgehead atoms. The van der Waals surface area contributed by atoms with E-state index in [2.05, 4.69) is 0 Å². The quantitative estimate of drug-likeness (QED) is 0.723. The summed E-state index contributed by atoms with van der Waals surface area (Å²) >= 11 is 0. The van der Waals surface area contributed by atoms with Gasteiger partial charge in [0.1, 0.15) is 0 Å². The fraction of sp³-hybridized carbons (Fsp3) is 0.857. The van der Waals surface area contributed by atoms with Gasteiger partial charge in [-0.3, -0.25) is 9.59 Å². The molecule has 0 aromatic rings. The second kappa shape index (κ2) is 5.90. The molecule has 1 heterocycles. The van der Waals surface area contributed by atoms with E-state index in [9.17, 15) is 9.59 Å². The van der Waals surface area contributed by atoms with Gasteiger partial charge in [0, 0.05) is 20.2 Å². The molecule has 5 nitrogen and oxygen atoms in total. The van der Waals surface area contributed by atoms with E-state index in [1.165, 1.54) is 7.11 Å². The first kappa shape index (κ1) is 14.3. The minimum absolute atomic E-state index is 0.0471. The lowest BCUT2D eigenvalue weighted by molar-refractivity contribution is -0.152. The van der Waals surface area contributed by atoms with Gasteiger partial charge in [0.25, 0.3) is 0 Å². The molecule has 2 aliphatic rings. The van der Waals surface area contributed by atoms with Crippen molar-refractivity contribution in [1.82, 2.24) is 4.90 Å². The van der Waals surface area contributed by atoms with Crippen molar-refractivity contribution in [3.8, 4) is 0 Å². The van der Waals surface area contributed by atoms with Crippen LogP contribution in [0.15, 0.2) is 0 Å². The minimum Gasteiger partial charge on any atom is -0.469 e. The molecule has 2 fully saturated rings. The molecule has 19 heavy (non-hydrogen) atoms. The normalized spacial score (nSPS) is 22.7. The summed E-state index contributed by atoms with van der Waals surface area (Å²) < 4.78 is 10.2. The van der Waals surface area contributed by atoms with Crippen LogP contribution in [0.2, 0.25) is 0 Å².